The van der Waals surface area contributed by atoms with Gasteiger partial charge in [-0.05, 0) is 61.0 Å². The fourth-order valence-corrected chi connectivity index (χ4v) is 3.35. The summed E-state index contributed by atoms with van der Waals surface area (Å²) < 4.78 is 5.85. The normalized spacial score (nSPS) is 10.6. The lowest BCUT2D eigenvalue weighted by atomic mass is 10.1. The molecule has 3 aromatic rings. The molecule has 0 saturated heterocycles. The number of halogens is 5. The smallest absolute Gasteiger partial charge is 0.135 e. The topological polar surface area (TPSA) is 25.2 Å². The van der Waals surface area contributed by atoms with Crippen molar-refractivity contribution < 1.29 is 4.42 Å². The van der Waals surface area contributed by atoms with Crippen LogP contribution in [0.5, 0.6) is 0 Å². The third-order valence-corrected chi connectivity index (χ3v) is 4.89. The molecule has 0 aliphatic carbocycles. The maximum atomic E-state index is 6.20. The van der Waals surface area contributed by atoms with Crippen LogP contribution < -0.4 is 5.32 Å². The van der Waals surface area contributed by atoms with Crippen molar-refractivity contribution in [2.24, 2.45) is 0 Å². The third-order valence-electron chi connectivity index (χ3n) is 3.74. The van der Waals surface area contributed by atoms with Crippen molar-refractivity contribution in [2.75, 3.05) is 6.54 Å². The van der Waals surface area contributed by atoms with Crippen molar-refractivity contribution in [2.45, 2.75) is 13.0 Å². The maximum absolute atomic E-state index is 6.20. The molecule has 2 nitrogen and oxygen atoms in total. The minimum absolute atomic E-state index is 0. The highest BCUT2D eigenvalue weighted by Gasteiger charge is 2.09. The molecule has 1 N–H and O–H groups in total. The molecule has 0 aliphatic rings. The van der Waals surface area contributed by atoms with Crippen LogP contribution in [0.25, 0.3) is 11.3 Å². The van der Waals surface area contributed by atoms with Crippen molar-refractivity contribution >= 4 is 58.8 Å². The zero-order chi connectivity index (χ0) is 17.8. The summed E-state index contributed by atoms with van der Waals surface area (Å²) >= 11 is 24.3. The number of rotatable bonds is 6. The van der Waals surface area contributed by atoms with Crippen LogP contribution in [0.4, 0.5) is 0 Å². The highest BCUT2D eigenvalue weighted by Crippen LogP contribution is 2.31. The van der Waals surface area contributed by atoms with Crippen LogP contribution in [-0.2, 0) is 13.0 Å². The Labute approximate surface area is 178 Å². The SMILES string of the molecule is Cl.Clc1ccc(CCNCc2ccc(-c3cc(Cl)ccc3Cl)o2)c(Cl)c1. The van der Waals surface area contributed by atoms with Gasteiger partial charge in [0.1, 0.15) is 11.5 Å². The minimum Gasteiger partial charge on any atom is -0.460 e. The van der Waals surface area contributed by atoms with E-state index in [-0.39, 0.29) is 12.4 Å². The summed E-state index contributed by atoms with van der Waals surface area (Å²) in [6.07, 6.45) is 0.809. The van der Waals surface area contributed by atoms with Crippen LogP contribution in [-0.4, -0.2) is 6.54 Å². The molecule has 7 heteroatoms. The molecule has 0 aliphatic heterocycles. The molecular formula is C19H16Cl5NO. The first-order valence-electron chi connectivity index (χ1n) is 7.72. The van der Waals surface area contributed by atoms with Gasteiger partial charge in [0, 0.05) is 20.6 Å². The standard InChI is InChI=1S/C19H15Cl4NO.ClH/c20-13-3-5-17(22)16(9-13)19-6-4-15(25-19)11-24-8-7-12-1-2-14(21)10-18(12)23;/h1-6,9-10,24H,7-8,11H2;1H. The quantitative estimate of drug-likeness (QED) is 0.397. The lowest BCUT2D eigenvalue weighted by Gasteiger charge is -2.06. The first-order chi connectivity index (χ1) is 12.0. The third kappa shape index (κ3) is 5.56. The molecular weight excluding hydrogens is 435 g/mol. The fourth-order valence-electron chi connectivity index (χ4n) is 2.46. The Hall–Kier alpha value is -0.870. The first-order valence-corrected chi connectivity index (χ1v) is 9.23. The van der Waals surface area contributed by atoms with E-state index in [9.17, 15) is 0 Å². The minimum atomic E-state index is 0. The van der Waals surface area contributed by atoms with Gasteiger partial charge in [-0.15, -0.1) is 12.4 Å². The molecule has 3 rings (SSSR count). The number of hydrogen-bond donors (Lipinski definition) is 1. The Kier molecular flexibility index (Phi) is 8.15. The summed E-state index contributed by atoms with van der Waals surface area (Å²) in [5, 5.41) is 5.89. The van der Waals surface area contributed by atoms with Crippen molar-refractivity contribution in [3.05, 3.63) is 79.9 Å². The lowest BCUT2D eigenvalue weighted by Crippen LogP contribution is -2.16. The predicted molar refractivity (Wildman–Crippen MR) is 113 cm³/mol. The Morgan fingerprint density at radius 2 is 1.54 bits per heavy atom. The molecule has 0 atom stereocenters. The van der Waals surface area contributed by atoms with Gasteiger partial charge in [-0.3, -0.25) is 0 Å². The highest BCUT2D eigenvalue weighted by molar-refractivity contribution is 6.35. The van der Waals surface area contributed by atoms with Gasteiger partial charge in [-0.2, -0.15) is 0 Å². The molecule has 0 fully saturated rings. The fraction of sp³-hybridized carbons (Fsp3) is 0.158. The number of nitrogens with one attached hydrogen (secondary N) is 1. The van der Waals surface area contributed by atoms with E-state index in [1.54, 1.807) is 24.3 Å². The Morgan fingerprint density at radius 3 is 2.31 bits per heavy atom. The molecule has 1 heterocycles. The van der Waals surface area contributed by atoms with Crippen LogP contribution >= 0.6 is 58.8 Å². The van der Waals surface area contributed by atoms with E-state index < -0.39 is 0 Å². The average molecular weight is 452 g/mol. The zero-order valence-electron chi connectivity index (χ0n) is 13.6. The van der Waals surface area contributed by atoms with E-state index in [1.807, 2.05) is 24.3 Å². The molecule has 2 aromatic carbocycles. The molecule has 0 radical (unpaired) electrons. The van der Waals surface area contributed by atoms with Crippen LogP contribution in [0.2, 0.25) is 20.1 Å². The van der Waals surface area contributed by atoms with Gasteiger partial charge in [0.05, 0.1) is 11.6 Å². The largest absolute Gasteiger partial charge is 0.460 e. The molecule has 0 saturated carbocycles. The van der Waals surface area contributed by atoms with Crippen molar-refractivity contribution in [3.63, 3.8) is 0 Å². The van der Waals surface area contributed by atoms with Crippen molar-refractivity contribution in [1.82, 2.24) is 5.32 Å². The highest BCUT2D eigenvalue weighted by atomic mass is 35.5. The van der Waals surface area contributed by atoms with Crippen LogP contribution in [0.15, 0.2) is 52.9 Å². The maximum Gasteiger partial charge on any atom is 0.135 e. The van der Waals surface area contributed by atoms with Gasteiger partial charge < -0.3 is 9.73 Å². The molecule has 0 amide bonds. The van der Waals surface area contributed by atoms with E-state index >= 15 is 0 Å². The van der Waals surface area contributed by atoms with E-state index in [0.717, 1.165) is 29.9 Å². The van der Waals surface area contributed by atoms with Gasteiger partial charge in [0.15, 0.2) is 0 Å². The summed E-state index contributed by atoms with van der Waals surface area (Å²) in [6.45, 7) is 1.39. The van der Waals surface area contributed by atoms with E-state index in [2.05, 4.69) is 5.32 Å². The summed E-state index contributed by atoms with van der Waals surface area (Å²) in [7, 11) is 0. The summed E-state index contributed by atoms with van der Waals surface area (Å²) in [6, 6.07) is 14.7. The van der Waals surface area contributed by atoms with Crippen LogP contribution in [0.1, 0.15) is 11.3 Å². The summed E-state index contributed by atoms with van der Waals surface area (Å²) in [4.78, 5) is 0. The number of hydrogen-bond acceptors (Lipinski definition) is 2. The molecule has 1 aromatic heterocycles. The van der Waals surface area contributed by atoms with Gasteiger partial charge in [-0.1, -0.05) is 52.5 Å². The van der Waals surface area contributed by atoms with Gasteiger partial charge in [0.2, 0.25) is 0 Å². The Morgan fingerprint density at radius 1 is 0.808 bits per heavy atom. The molecule has 0 unspecified atom stereocenters. The number of furan rings is 1. The molecule has 138 valence electrons. The van der Waals surface area contributed by atoms with Crippen LogP contribution in [0.3, 0.4) is 0 Å². The van der Waals surface area contributed by atoms with E-state index in [1.165, 1.54) is 0 Å². The summed E-state index contributed by atoms with van der Waals surface area (Å²) in [5.41, 5.74) is 1.85. The Balaban J connectivity index is 0.00000243. The second-order valence-corrected chi connectivity index (χ2v) is 7.24. The predicted octanol–water partition coefficient (Wildman–Crippen LogP) is 7.31. The van der Waals surface area contributed by atoms with E-state index in [4.69, 9.17) is 50.8 Å². The monoisotopic (exact) mass is 449 g/mol. The molecule has 0 spiro atoms. The zero-order valence-corrected chi connectivity index (χ0v) is 17.4. The van der Waals surface area contributed by atoms with E-state index in [0.29, 0.717) is 32.4 Å². The molecule has 26 heavy (non-hydrogen) atoms. The number of benzene rings is 2. The second kappa shape index (κ2) is 9.89. The lowest BCUT2D eigenvalue weighted by molar-refractivity contribution is 0.495. The van der Waals surface area contributed by atoms with Crippen LogP contribution in [0, 0.1) is 0 Å². The Bertz CT molecular complexity index is 878. The second-order valence-electron chi connectivity index (χ2n) is 5.55. The summed E-state index contributed by atoms with van der Waals surface area (Å²) in [5.74, 6) is 1.53. The first kappa shape index (κ1) is 21.4. The average Bonchev–Trinajstić information content (AvgIpc) is 3.04. The van der Waals surface area contributed by atoms with Gasteiger partial charge in [-0.25, -0.2) is 0 Å². The molecule has 0 bridgehead atoms. The van der Waals surface area contributed by atoms with Gasteiger partial charge >= 0.3 is 0 Å². The van der Waals surface area contributed by atoms with Crippen molar-refractivity contribution in [3.8, 4) is 11.3 Å². The van der Waals surface area contributed by atoms with Gasteiger partial charge in [0.25, 0.3) is 0 Å². The van der Waals surface area contributed by atoms with Crippen molar-refractivity contribution in [1.29, 1.82) is 0 Å².